The Kier molecular flexibility index (Phi) is 6.22. The summed E-state index contributed by atoms with van der Waals surface area (Å²) < 4.78 is 1.97. The number of anilines is 1. The van der Waals surface area contributed by atoms with Crippen LogP contribution in [0.4, 0.5) is 5.82 Å². The Morgan fingerprint density at radius 2 is 2.04 bits per heavy atom. The number of pyridine rings is 1. The fourth-order valence-corrected chi connectivity index (χ4v) is 3.25. The zero-order chi connectivity index (χ0) is 18.4. The van der Waals surface area contributed by atoms with Crippen molar-refractivity contribution >= 4 is 11.7 Å². The largest absolute Gasteiger partial charge is 0.355 e. The second-order valence-electron chi connectivity index (χ2n) is 6.59. The molecule has 0 saturated carbocycles. The Morgan fingerprint density at radius 3 is 2.73 bits per heavy atom. The maximum absolute atomic E-state index is 11.8. The summed E-state index contributed by atoms with van der Waals surface area (Å²) >= 11 is 0. The van der Waals surface area contributed by atoms with Crippen molar-refractivity contribution in [2.75, 3.05) is 37.6 Å². The molecule has 0 aliphatic carbocycles. The van der Waals surface area contributed by atoms with E-state index in [0.717, 1.165) is 51.5 Å². The molecule has 1 aliphatic heterocycles. The smallest absolute Gasteiger partial charge is 0.252 e. The van der Waals surface area contributed by atoms with Crippen LogP contribution in [0.15, 0.2) is 30.7 Å². The van der Waals surface area contributed by atoms with Crippen molar-refractivity contribution in [3.63, 3.8) is 0 Å². The number of rotatable bonds is 6. The molecule has 1 amide bonds. The second-order valence-corrected chi connectivity index (χ2v) is 6.59. The number of amides is 1. The summed E-state index contributed by atoms with van der Waals surface area (Å²) in [5.74, 6) is 0.875. The van der Waals surface area contributed by atoms with E-state index in [1.807, 2.05) is 29.9 Å². The predicted molar refractivity (Wildman–Crippen MR) is 102 cm³/mol. The molecule has 0 unspecified atom stereocenters. The van der Waals surface area contributed by atoms with E-state index in [-0.39, 0.29) is 5.91 Å². The first-order valence-corrected chi connectivity index (χ1v) is 9.42. The Labute approximate surface area is 155 Å². The van der Waals surface area contributed by atoms with E-state index in [0.29, 0.717) is 12.1 Å². The SMILES string of the molecule is CCNC(=O)c1ccc(N2CCCN(Cc3cnn(CC)c3)CC2)nc1. The number of carbonyl (C=O) groups is 1. The second kappa shape index (κ2) is 8.80. The molecule has 3 rings (SSSR count). The van der Waals surface area contributed by atoms with Gasteiger partial charge < -0.3 is 10.2 Å². The molecule has 26 heavy (non-hydrogen) atoms. The van der Waals surface area contributed by atoms with Crippen molar-refractivity contribution in [3.8, 4) is 0 Å². The van der Waals surface area contributed by atoms with Crippen molar-refractivity contribution < 1.29 is 4.79 Å². The molecule has 0 spiro atoms. The normalized spacial score (nSPS) is 15.7. The zero-order valence-electron chi connectivity index (χ0n) is 15.7. The number of nitrogens with zero attached hydrogens (tertiary/aromatic N) is 5. The van der Waals surface area contributed by atoms with E-state index in [4.69, 9.17) is 0 Å². The van der Waals surface area contributed by atoms with Gasteiger partial charge in [0, 0.05) is 63.8 Å². The van der Waals surface area contributed by atoms with Crippen molar-refractivity contribution in [2.45, 2.75) is 33.4 Å². The zero-order valence-corrected chi connectivity index (χ0v) is 15.7. The van der Waals surface area contributed by atoms with Crippen LogP contribution in [0.5, 0.6) is 0 Å². The van der Waals surface area contributed by atoms with E-state index in [9.17, 15) is 4.79 Å². The third kappa shape index (κ3) is 4.60. The summed E-state index contributed by atoms with van der Waals surface area (Å²) in [6, 6.07) is 3.81. The quantitative estimate of drug-likeness (QED) is 0.854. The minimum absolute atomic E-state index is 0.0683. The Morgan fingerprint density at radius 1 is 1.15 bits per heavy atom. The van der Waals surface area contributed by atoms with Gasteiger partial charge in [0.1, 0.15) is 5.82 Å². The van der Waals surface area contributed by atoms with Crippen molar-refractivity contribution in [2.24, 2.45) is 0 Å². The summed E-state index contributed by atoms with van der Waals surface area (Å²) in [4.78, 5) is 21.1. The Balaban J connectivity index is 1.57. The van der Waals surface area contributed by atoms with Gasteiger partial charge in [0.15, 0.2) is 0 Å². The molecule has 1 N–H and O–H groups in total. The van der Waals surface area contributed by atoms with Crippen LogP contribution >= 0.6 is 0 Å². The molecule has 0 bridgehead atoms. The van der Waals surface area contributed by atoms with Crippen molar-refractivity contribution in [3.05, 3.63) is 41.9 Å². The maximum atomic E-state index is 11.8. The highest BCUT2D eigenvalue weighted by Gasteiger charge is 2.17. The molecule has 0 aromatic carbocycles. The van der Waals surface area contributed by atoms with E-state index in [1.165, 1.54) is 5.56 Å². The molecule has 2 aromatic heterocycles. The first-order chi connectivity index (χ1) is 12.7. The fraction of sp³-hybridized carbons (Fsp3) is 0.526. The van der Waals surface area contributed by atoms with Gasteiger partial charge in [-0.2, -0.15) is 5.10 Å². The number of hydrogen-bond donors (Lipinski definition) is 1. The molecule has 0 atom stereocenters. The number of nitrogens with one attached hydrogen (secondary N) is 1. The topological polar surface area (TPSA) is 66.3 Å². The molecular weight excluding hydrogens is 328 g/mol. The molecular formula is C19H28N6O. The minimum Gasteiger partial charge on any atom is -0.355 e. The molecule has 3 heterocycles. The fourth-order valence-electron chi connectivity index (χ4n) is 3.25. The van der Waals surface area contributed by atoms with E-state index in [2.05, 4.69) is 38.3 Å². The highest BCUT2D eigenvalue weighted by molar-refractivity contribution is 5.93. The minimum atomic E-state index is -0.0683. The van der Waals surface area contributed by atoms with Crippen LogP contribution in [0.2, 0.25) is 0 Å². The van der Waals surface area contributed by atoms with Gasteiger partial charge in [-0.1, -0.05) is 0 Å². The lowest BCUT2D eigenvalue weighted by Crippen LogP contribution is -2.31. The van der Waals surface area contributed by atoms with E-state index >= 15 is 0 Å². The van der Waals surface area contributed by atoms with Crippen LogP contribution in [0.1, 0.15) is 36.2 Å². The summed E-state index contributed by atoms with van der Waals surface area (Å²) in [5.41, 5.74) is 1.88. The number of aromatic nitrogens is 3. The van der Waals surface area contributed by atoms with Gasteiger partial charge >= 0.3 is 0 Å². The summed E-state index contributed by atoms with van der Waals surface area (Å²) in [6.45, 7) is 10.5. The molecule has 1 aliphatic rings. The van der Waals surface area contributed by atoms with Crippen LogP contribution in [-0.4, -0.2) is 58.3 Å². The maximum Gasteiger partial charge on any atom is 0.252 e. The molecule has 7 heteroatoms. The number of carbonyl (C=O) groups excluding carboxylic acids is 1. The summed E-state index contributed by atoms with van der Waals surface area (Å²) in [6.07, 6.45) is 6.86. The molecule has 140 valence electrons. The lowest BCUT2D eigenvalue weighted by Gasteiger charge is -2.22. The van der Waals surface area contributed by atoms with Crippen LogP contribution in [0.3, 0.4) is 0 Å². The van der Waals surface area contributed by atoms with Crippen LogP contribution in [0.25, 0.3) is 0 Å². The third-order valence-electron chi connectivity index (χ3n) is 4.68. The average molecular weight is 356 g/mol. The first-order valence-electron chi connectivity index (χ1n) is 9.42. The number of aryl methyl sites for hydroxylation is 1. The van der Waals surface area contributed by atoms with Crippen LogP contribution < -0.4 is 10.2 Å². The van der Waals surface area contributed by atoms with Crippen molar-refractivity contribution in [1.82, 2.24) is 25.0 Å². The van der Waals surface area contributed by atoms with Crippen LogP contribution in [-0.2, 0) is 13.1 Å². The van der Waals surface area contributed by atoms with Gasteiger partial charge in [0.25, 0.3) is 5.91 Å². The standard InChI is InChI=1S/C19H28N6O/c1-3-20-19(26)17-6-7-18(21-13-17)24-9-5-8-23(10-11-24)14-16-12-22-25(4-2)15-16/h6-7,12-13,15H,3-5,8-11,14H2,1-2H3,(H,20,26). The predicted octanol–water partition coefficient (Wildman–Crippen LogP) is 1.76. The lowest BCUT2D eigenvalue weighted by molar-refractivity contribution is 0.0955. The molecule has 1 fully saturated rings. The van der Waals surface area contributed by atoms with Gasteiger partial charge in [-0.25, -0.2) is 4.98 Å². The highest BCUT2D eigenvalue weighted by atomic mass is 16.1. The van der Waals surface area contributed by atoms with Crippen LogP contribution in [0, 0.1) is 0 Å². The van der Waals surface area contributed by atoms with Gasteiger partial charge in [-0.15, -0.1) is 0 Å². The molecule has 0 radical (unpaired) electrons. The number of hydrogen-bond acceptors (Lipinski definition) is 5. The highest BCUT2D eigenvalue weighted by Crippen LogP contribution is 2.15. The van der Waals surface area contributed by atoms with Crippen molar-refractivity contribution in [1.29, 1.82) is 0 Å². The van der Waals surface area contributed by atoms with Gasteiger partial charge in [-0.3, -0.25) is 14.4 Å². The Hall–Kier alpha value is -2.41. The third-order valence-corrected chi connectivity index (χ3v) is 4.68. The van der Waals surface area contributed by atoms with E-state index < -0.39 is 0 Å². The monoisotopic (exact) mass is 356 g/mol. The molecule has 2 aromatic rings. The van der Waals surface area contributed by atoms with Gasteiger partial charge in [0.2, 0.25) is 0 Å². The van der Waals surface area contributed by atoms with Gasteiger partial charge in [0.05, 0.1) is 11.8 Å². The lowest BCUT2D eigenvalue weighted by atomic mass is 10.2. The molecule has 1 saturated heterocycles. The van der Waals surface area contributed by atoms with Gasteiger partial charge in [-0.05, 0) is 32.4 Å². The average Bonchev–Trinajstić information content (AvgIpc) is 2.99. The summed E-state index contributed by atoms with van der Waals surface area (Å²) in [7, 11) is 0. The first kappa shape index (κ1) is 18.4. The molecule has 7 nitrogen and oxygen atoms in total. The Bertz CT molecular complexity index is 711. The summed E-state index contributed by atoms with van der Waals surface area (Å²) in [5, 5.41) is 7.16. The van der Waals surface area contributed by atoms with E-state index in [1.54, 1.807) is 6.20 Å².